The highest BCUT2D eigenvalue weighted by Crippen LogP contribution is 2.46. The van der Waals surface area contributed by atoms with Crippen LogP contribution in [-0.4, -0.2) is 31.9 Å². The Morgan fingerprint density at radius 2 is 1.82 bits per heavy atom. The molecule has 0 fully saturated rings. The Labute approximate surface area is 195 Å². The van der Waals surface area contributed by atoms with Crippen molar-refractivity contribution in [2.45, 2.75) is 37.6 Å². The molecule has 0 bridgehead atoms. The molecule has 4 rings (SSSR count). The zero-order valence-corrected chi connectivity index (χ0v) is 20.1. The number of phenols is 1. The summed E-state index contributed by atoms with van der Waals surface area (Å²) in [6.07, 6.45) is 3.18. The Hall–Kier alpha value is -2.82. The van der Waals surface area contributed by atoms with E-state index in [1.165, 1.54) is 26.2 Å². The van der Waals surface area contributed by atoms with E-state index < -0.39 is 31.5 Å². The topological polar surface area (TPSA) is 129 Å². The van der Waals surface area contributed by atoms with E-state index in [0.29, 0.717) is 0 Å². The van der Waals surface area contributed by atoms with Crippen LogP contribution in [0.25, 0.3) is 0 Å². The van der Waals surface area contributed by atoms with Gasteiger partial charge in [0.15, 0.2) is 5.75 Å². The third-order valence-electron chi connectivity index (χ3n) is 6.15. The number of aromatic hydroxyl groups is 1. The van der Waals surface area contributed by atoms with Gasteiger partial charge in [-0.15, -0.1) is 0 Å². The summed E-state index contributed by atoms with van der Waals surface area (Å²) in [5.41, 5.74) is -0.844. The summed E-state index contributed by atoms with van der Waals surface area (Å²) < 4.78 is 31.7. The standard InChI is InChI=1S/C22H24ClN3O6S/c1-22(2)9-7-14-11(8-10-32-14)21(22)25-16-15(18(28)19(16)29)24-13-6-5-12(23)20(17(13)27)33(30,31)26(3)4/h5-6,8,10,21,24-25,27H,7,9H2,1-4H3/t21-/m1/s1. The van der Waals surface area contributed by atoms with Crippen LogP contribution >= 0.6 is 11.6 Å². The molecule has 3 aromatic rings. The normalized spacial score (nSPS) is 17.8. The fourth-order valence-corrected chi connectivity index (χ4v) is 5.57. The van der Waals surface area contributed by atoms with Crippen LogP contribution in [0, 0.1) is 5.41 Å². The van der Waals surface area contributed by atoms with Gasteiger partial charge in [-0.2, -0.15) is 0 Å². The number of benzene rings is 1. The fraction of sp³-hybridized carbons (Fsp3) is 0.364. The van der Waals surface area contributed by atoms with Gasteiger partial charge < -0.3 is 20.2 Å². The van der Waals surface area contributed by atoms with Gasteiger partial charge in [-0.05, 0) is 30.0 Å². The minimum absolute atomic E-state index is 0.0581. The summed E-state index contributed by atoms with van der Waals surface area (Å²) in [6.45, 7) is 4.12. The van der Waals surface area contributed by atoms with Gasteiger partial charge >= 0.3 is 0 Å². The summed E-state index contributed by atoms with van der Waals surface area (Å²) in [7, 11) is -1.46. The second-order valence-corrected chi connectivity index (χ2v) is 11.5. The minimum Gasteiger partial charge on any atom is -0.504 e. The highest BCUT2D eigenvalue weighted by Gasteiger charge is 2.39. The van der Waals surface area contributed by atoms with Gasteiger partial charge in [0.1, 0.15) is 22.0 Å². The van der Waals surface area contributed by atoms with Crippen molar-refractivity contribution in [3.05, 3.63) is 61.3 Å². The van der Waals surface area contributed by atoms with Crippen LogP contribution in [0.15, 0.2) is 43.4 Å². The molecule has 11 heteroatoms. The predicted octanol–water partition coefficient (Wildman–Crippen LogP) is 3.35. The van der Waals surface area contributed by atoms with Crippen molar-refractivity contribution in [3.8, 4) is 5.75 Å². The van der Waals surface area contributed by atoms with Crippen LogP contribution in [0.2, 0.25) is 5.02 Å². The second-order valence-electron chi connectivity index (χ2n) is 8.96. The first-order valence-corrected chi connectivity index (χ1v) is 12.0. The van der Waals surface area contributed by atoms with Crippen molar-refractivity contribution in [2.24, 2.45) is 5.41 Å². The molecule has 0 spiro atoms. The molecule has 0 saturated heterocycles. The summed E-state index contributed by atoms with van der Waals surface area (Å²) in [5.74, 6) is 0.180. The summed E-state index contributed by atoms with van der Waals surface area (Å²) >= 11 is 6.04. The lowest BCUT2D eigenvalue weighted by atomic mass is 9.72. The van der Waals surface area contributed by atoms with Crippen molar-refractivity contribution in [3.63, 3.8) is 0 Å². The first-order chi connectivity index (χ1) is 15.4. The number of furan rings is 1. The number of anilines is 3. The Bertz CT molecular complexity index is 1420. The van der Waals surface area contributed by atoms with Crippen molar-refractivity contribution < 1.29 is 17.9 Å². The summed E-state index contributed by atoms with van der Waals surface area (Å²) in [4.78, 5) is 24.3. The Morgan fingerprint density at radius 1 is 1.15 bits per heavy atom. The van der Waals surface area contributed by atoms with Gasteiger partial charge in [0.25, 0.3) is 10.9 Å². The van der Waals surface area contributed by atoms with E-state index in [1.807, 2.05) is 6.07 Å². The van der Waals surface area contributed by atoms with E-state index in [1.54, 1.807) is 6.26 Å². The average molecular weight is 494 g/mol. The predicted molar refractivity (Wildman–Crippen MR) is 126 cm³/mol. The van der Waals surface area contributed by atoms with Crippen molar-refractivity contribution in [2.75, 3.05) is 24.7 Å². The number of fused-ring (bicyclic) bond motifs is 1. The van der Waals surface area contributed by atoms with Gasteiger partial charge in [0, 0.05) is 26.1 Å². The average Bonchev–Trinajstić information content (AvgIpc) is 3.21. The van der Waals surface area contributed by atoms with Gasteiger partial charge in [-0.25, -0.2) is 12.7 Å². The smallest absolute Gasteiger partial charge is 0.253 e. The van der Waals surface area contributed by atoms with Gasteiger partial charge in [-0.1, -0.05) is 25.4 Å². The number of hydrogen-bond donors (Lipinski definition) is 3. The maximum Gasteiger partial charge on any atom is 0.253 e. The lowest BCUT2D eigenvalue weighted by Gasteiger charge is -2.39. The first-order valence-electron chi connectivity index (χ1n) is 10.2. The molecular formula is C22H24ClN3O6S. The number of halogens is 1. The Kier molecular flexibility index (Phi) is 5.58. The fourth-order valence-electron chi connectivity index (χ4n) is 4.09. The van der Waals surface area contributed by atoms with Crippen LogP contribution in [0.4, 0.5) is 17.1 Å². The molecule has 176 valence electrons. The zero-order chi connectivity index (χ0) is 24.3. The number of sulfonamides is 1. The molecule has 1 aromatic heterocycles. The second kappa shape index (κ2) is 7.89. The third kappa shape index (κ3) is 3.71. The molecule has 0 aliphatic heterocycles. The molecule has 3 N–H and O–H groups in total. The van der Waals surface area contributed by atoms with Gasteiger partial charge in [0.2, 0.25) is 10.0 Å². The van der Waals surface area contributed by atoms with Crippen molar-refractivity contribution in [1.82, 2.24) is 4.31 Å². The Balaban J connectivity index is 1.72. The van der Waals surface area contributed by atoms with Crippen molar-refractivity contribution in [1.29, 1.82) is 0 Å². The number of nitrogens with zero attached hydrogens (tertiary/aromatic N) is 1. The lowest BCUT2D eigenvalue weighted by Crippen LogP contribution is -2.41. The van der Waals surface area contributed by atoms with E-state index in [0.717, 1.165) is 28.5 Å². The van der Waals surface area contributed by atoms with Crippen molar-refractivity contribution >= 4 is 38.7 Å². The molecular weight excluding hydrogens is 470 g/mol. The SMILES string of the molecule is CN(C)S(=O)(=O)c1c(Cl)ccc(Nc2c(N[C@@H]3c4ccoc4CCC3(C)C)c(=O)c2=O)c1O. The van der Waals surface area contributed by atoms with E-state index in [-0.39, 0.29) is 33.5 Å². The number of aryl methyl sites for hydroxylation is 1. The van der Waals surface area contributed by atoms with E-state index in [9.17, 15) is 23.1 Å². The molecule has 0 saturated carbocycles. The molecule has 1 heterocycles. The van der Waals surface area contributed by atoms with Gasteiger partial charge in [-0.3, -0.25) is 9.59 Å². The molecule has 0 unspecified atom stereocenters. The maximum absolute atomic E-state index is 12.6. The molecule has 33 heavy (non-hydrogen) atoms. The molecule has 1 aliphatic rings. The quantitative estimate of drug-likeness (QED) is 0.352. The zero-order valence-electron chi connectivity index (χ0n) is 18.5. The van der Waals surface area contributed by atoms with Crippen LogP contribution in [0.5, 0.6) is 5.75 Å². The molecule has 1 atom stereocenters. The van der Waals surface area contributed by atoms with Crippen LogP contribution in [-0.2, 0) is 16.4 Å². The number of nitrogens with one attached hydrogen (secondary N) is 2. The first kappa shape index (κ1) is 23.3. The molecule has 9 nitrogen and oxygen atoms in total. The highest BCUT2D eigenvalue weighted by atomic mass is 35.5. The third-order valence-corrected chi connectivity index (χ3v) is 8.47. The molecule has 0 radical (unpaired) electrons. The number of phenolic OH excluding ortho intramolecular Hbond substituents is 1. The van der Waals surface area contributed by atoms with E-state index in [4.69, 9.17) is 16.0 Å². The maximum atomic E-state index is 12.6. The Morgan fingerprint density at radius 3 is 2.48 bits per heavy atom. The number of hydrogen-bond acceptors (Lipinski definition) is 8. The minimum atomic E-state index is -4.07. The number of rotatable bonds is 6. The molecule has 1 aliphatic carbocycles. The molecule has 2 aromatic carbocycles. The largest absolute Gasteiger partial charge is 0.504 e. The van der Waals surface area contributed by atoms with Crippen LogP contribution < -0.4 is 21.5 Å². The highest BCUT2D eigenvalue weighted by molar-refractivity contribution is 7.89. The summed E-state index contributed by atoms with van der Waals surface area (Å²) in [5, 5.41) is 16.4. The van der Waals surface area contributed by atoms with E-state index in [2.05, 4.69) is 24.5 Å². The monoisotopic (exact) mass is 493 g/mol. The molecule has 0 amide bonds. The van der Waals surface area contributed by atoms with E-state index >= 15 is 0 Å². The van der Waals surface area contributed by atoms with Gasteiger partial charge in [0.05, 0.1) is 23.0 Å². The van der Waals surface area contributed by atoms with Crippen LogP contribution in [0.3, 0.4) is 0 Å². The summed E-state index contributed by atoms with van der Waals surface area (Å²) in [6, 6.07) is 4.19. The lowest BCUT2D eigenvalue weighted by molar-refractivity contribution is 0.250. The van der Waals surface area contributed by atoms with Crippen LogP contribution in [0.1, 0.15) is 37.6 Å².